The Bertz CT molecular complexity index is 599. The van der Waals surface area contributed by atoms with Gasteiger partial charge < -0.3 is 35.4 Å². The predicted octanol–water partition coefficient (Wildman–Crippen LogP) is 5.44. The molecule has 0 spiro atoms. The molecule has 4 atom stereocenters. The maximum absolute atomic E-state index is 12.3. The van der Waals surface area contributed by atoms with E-state index in [0.717, 1.165) is 64.2 Å². The Balaban J connectivity index is 3.93. The maximum atomic E-state index is 12.3. The second kappa shape index (κ2) is 26.8. The van der Waals surface area contributed by atoms with E-state index < -0.39 is 43.3 Å². The van der Waals surface area contributed by atoms with E-state index in [-0.39, 0.29) is 12.8 Å². The van der Waals surface area contributed by atoms with Crippen LogP contribution in [0.3, 0.4) is 0 Å². The van der Waals surface area contributed by atoms with E-state index in [1.807, 2.05) is 0 Å². The molecule has 0 aromatic rings. The lowest BCUT2D eigenvalue weighted by Crippen LogP contribution is -2.48. The van der Waals surface area contributed by atoms with E-state index >= 15 is 0 Å². The highest BCUT2D eigenvalue weighted by Gasteiger charge is 2.38. The summed E-state index contributed by atoms with van der Waals surface area (Å²) in [5, 5.41) is 57.9. The highest BCUT2D eigenvalue weighted by atomic mass is 16.7. The van der Waals surface area contributed by atoms with Gasteiger partial charge in [0.1, 0.15) is 12.2 Å². The van der Waals surface area contributed by atoms with Gasteiger partial charge in [0, 0.05) is 12.8 Å². The normalized spacial score (nSPS) is 15.7. The number of unbranched alkanes of at least 4 members (excludes halogenated alkanes) is 16. The molecule has 0 rings (SSSR count). The van der Waals surface area contributed by atoms with Crippen molar-refractivity contribution in [3.63, 3.8) is 0 Å². The van der Waals surface area contributed by atoms with E-state index in [1.54, 1.807) is 0 Å². The second-order valence-electron chi connectivity index (χ2n) is 11.3. The molecule has 0 heterocycles. The van der Waals surface area contributed by atoms with Crippen LogP contribution in [0.2, 0.25) is 0 Å². The molecule has 8 nitrogen and oxygen atoms in total. The van der Waals surface area contributed by atoms with Crippen molar-refractivity contribution in [3.05, 3.63) is 12.2 Å². The minimum Gasteiger partial charge on any atom is -0.430 e. The summed E-state index contributed by atoms with van der Waals surface area (Å²) in [4.78, 5) is 12.3. The number of carbonyl (C=O) groups is 1. The van der Waals surface area contributed by atoms with Crippen LogP contribution < -0.4 is 0 Å². The number of rotatable bonds is 29. The molecular formula is C32H62O8. The summed E-state index contributed by atoms with van der Waals surface area (Å²) in [5.41, 5.74) is 0. The predicted molar refractivity (Wildman–Crippen MR) is 160 cm³/mol. The standard InChI is InChI=1S/C32H62O8/c1-2-3-4-5-6-7-8-9-10-11-12-13-14-18-21-24-31(38)40-32(39,30(37)27-34)25-22-19-16-15-17-20-23-28(35)29(36)26-33/h9-10,28-30,33-37,39H,2-8,11-27H2,1H3/b10-9-. The fourth-order valence-electron chi connectivity index (χ4n) is 4.77. The quantitative estimate of drug-likeness (QED) is 0.0299. The van der Waals surface area contributed by atoms with Crippen molar-refractivity contribution in [3.8, 4) is 0 Å². The van der Waals surface area contributed by atoms with Crippen molar-refractivity contribution in [1.82, 2.24) is 0 Å². The first-order valence-corrected chi connectivity index (χ1v) is 16.2. The summed E-state index contributed by atoms with van der Waals surface area (Å²) in [5.74, 6) is -2.64. The number of hydrogen-bond acceptors (Lipinski definition) is 8. The van der Waals surface area contributed by atoms with Crippen LogP contribution in [0, 0.1) is 0 Å². The molecule has 0 saturated heterocycles. The molecule has 0 amide bonds. The number of hydrogen-bond donors (Lipinski definition) is 6. The summed E-state index contributed by atoms with van der Waals surface area (Å²) >= 11 is 0. The number of carbonyl (C=O) groups excluding carboxylic acids is 1. The average molecular weight is 575 g/mol. The van der Waals surface area contributed by atoms with Gasteiger partial charge in [-0.25, -0.2) is 0 Å². The van der Waals surface area contributed by atoms with Gasteiger partial charge in [-0.3, -0.25) is 4.79 Å². The smallest absolute Gasteiger partial charge is 0.308 e. The first kappa shape index (κ1) is 39.0. The van der Waals surface area contributed by atoms with Crippen molar-refractivity contribution in [2.75, 3.05) is 13.2 Å². The zero-order chi connectivity index (χ0) is 29.9. The fraction of sp³-hybridized carbons (Fsp3) is 0.906. The molecule has 0 radical (unpaired) electrons. The van der Waals surface area contributed by atoms with Gasteiger partial charge in [0.05, 0.1) is 19.3 Å². The molecule has 0 saturated carbocycles. The van der Waals surface area contributed by atoms with Gasteiger partial charge in [-0.05, 0) is 44.9 Å². The molecule has 0 aliphatic heterocycles. The molecule has 0 bridgehead atoms. The van der Waals surface area contributed by atoms with Crippen LogP contribution in [0.1, 0.15) is 148 Å². The number of allylic oxidation sites excluding steroid dienone is 2. The van der Waals surface area contributed by atoms with Crippen molar-refractivity contribution in [2.24, 2.45) is 0 Å². The summed E-state index contributed by atoms with van der Waals surface area (Å²) in [7, 11) is 0. The molecule has 0 aromatic heterocycles. The van der Waals surface area contributed by atoms with Crippen molar-refractivity contribution < 1.29 is 40.2 Å². The molecule has 0 fully saturated rings. The summed E-state index contributed by atoms with van der Waals surface area (Å²) < 4.78 is 5.24. The first-order valence-electron chi connectivity index (χ1n) is 16.2. The Morgan fingerprint density at radius 2 is 1.18 bits per heavy atom. The second-order valence-corrected chi connectivity index (χ2v) is 11.3. The monoisotopic (exact) mass is 574 g/mol. The molecule has 0 aromatic carbocycles. The van der Waals surface area contributed by atoms with E-state index in [0.29, 0.717) is 19.3 Å². The highest BCUT2D eigenvalue weighted by molar-refractivity contribution is 5.69. The summed E-state index contributed by atoms with van der Waals surface area (Å²) in [6.45, 7) is 1.09. The zero-order valence-electron chi connectivity index (χ0n) is 25.4. The van der Waals surface area contributed by atoms with Crippen LogP contribution in [-0.4, -0.2) is 73.9 Å². The molecular weight excluding hydrogens is 512 g/mol. The zero-order valence-corrected chi connectivity index (χ0v) is 25.4. The average Bonchev–Trinajstić information content (AvgIpc) is 2.95. The van der Waals surface area contributed by atoms with Gasteiger partial charge >= 0.3 is 5.97 Å². The minimum absolute atomic E-state index is 0.0498. The third-order valence-electron chi connectivity index (χ3n) is 7.54. The lowest BCUT2D eigenvalue weighted by molar-refractivity contribution is -0.256. The Morgan fingerprint density at radius 3 is 1.73 bits per heavy atom. The van der Waals surface area contributed by atoms with Gasteiger partial charge in [-0.1, -0.05) is 103 Å². The van der Waals surface area contributed by atoms with E-state index in [1.165, 1.54) is 44.9 Å². The van der Waals surface area contributed by atoms with Gasteiger partial charge in [-0.2, -0.15) is 0 Å². The van der Waals surface area contributed by atoms with E-state index in [4.69, 9.17) is 9.84 Å². The van der Waals surface area contributed by atoms with Crippen LogP contribution >= 0.6 is 0 Å². The number of aliphatic hydroxyl groups is 6. The molecule has 238 valence electrons. The van der Waals surface area contributed by atoms with Crippen molar-refractivity contribution in [1.29, 1.82) is 0 Å². The lowest BCUT2D eigenvalue weighted by Gasteiger charge is -2.31. The number of esters is 1. The van der Waals surface area contributed by atoms with Crippen LogP contribution in [-0.2, 0) is 9.53 Å². The van der Waals surface area contributed by atoms with Crippen molar-refractivity contribution in [2.45, 2.75) is 172 Å². The summed E-state index contributed by atoms with van der Waals surface area (Å²) in [6, 6.07) is 0. The fourth-order valence-corrected chi connectivity index (χ4v) is 4.77. The van der Waals surface area contributed by atoms with Gasteiger partial charge in [0.25, 0.3) is 0 Å². The van der Waals surface area contributed by atoms with Crippen LogP contribution in [0.15, 0.2) is 12.2 Å². The Kier molecular flexibility index (Phi) is 26.2. The van der Waals surface area contributed by atoms with E-state index in [2.05, 4.69) is 19.1 Å². The SMILES string of the molecule is CCCCCCCC/C=C\CCCCCCCC(=O)OC(O)(CCCCCCCCC(O)C(O)CO)C(O)CO. The highest BCUT2D eigenvalue weighted by Crippen LogP contribution is 2.23. The molecule has 40 heavy (non-hydrogen) atoms. The van der Waals surface area contributed by atoms with Crippen LogP contribution in [0.5, 0.6) is 0 Å². The van der Waals surface area contributed by atoms with E-state index in [9.17, 15) is 30.3 Å². The van der Waals surface area contributed by atoms with Crippen molar-refractivity contribution >= 4 is 5.97 Å². The van der Waals surface area contributed by atoms with Gasteiger partial charge in [-0.15, -0.1) is 0 Å². The number of ether oxygens (including phenoxy) is 1. The van der Waals surface area contributed by atoms with Crippen LogP contribution in [0.4, 0.5) is 0 Å². The molecule has 6 N–H and O–H groups in total. The molecule has 4 unspecified atom stereocenters. The van der Waals surface area contributed by atoms with Gasteiger partial charge in [0.15, 0.2) is 0 Å². The third-order valence-corrected chi connectivity index (χ3v) is 7.54. The first-order chi connectivity index (χ1) is 19.3. The molecule has 0 aliphatic carbocycles. The maximum Gasteiger partial charge on any atom is 0.308 e. The topological polar surface area (TPSA) is 148 Å². The Hall–Kier alpha value is -1.03. The number of aliphatic hydroxyl groups excluding tert-OH is 5. The Morgan fingerprint density at radius 1 is 0.675 bits per heavy atom. The minimum atomic E-state index is -2.09. The molecule has 8 heteroatoms. The largest absolute Gasteiger partial charge is 0.430 e. The Labute approximate surface area is 243 Å². The summed E-state index contributed by atoms with van der Waals surface area (Å²) in [6.07, 6.45) is 21.5. The van der Waals surface area contributed by atoms with Gasteiger partial charge in [0.2, 0.25) is 5.79 Å². The molecule has 0 aliphatic rings. The lowest BCUT2D eigenvalue weighted by atomic mass is 10.00. The van der Waals surface area contributed by atoms with Crippen LogP contribution in [0.25, 0.3) is 0 Å². The third kappa shape index (κ3) is 21.7.